The molecule has 0 amide bonds. The Hall–Kier alpha value is -1.94. The third-order valence-corrected chi connectivity index (χ3v) is 6.00. The number of aryl methyl sites for hydroxylation is 1. The fourth-order valence-electron chi connectivity index (χ4n) is 2.85. The van der Waals surface area contributed by atoms with E-state index in [9.17, 15) is 8.42 Å². The smallest absolute Gasteiger partial charge is 0.245 e. The van der Waals surface area contributed by atoms with Crippen molar-refractivity contribution in [2.45, 2.75) is 11.8 Å². The molecule has 23 heavy (non-hydrogen) atoms. The van der Waals surface area contributed by atoms with Gasteiger partial charge in [0.15, 0.2) is 0 Å². The molecule has 0 radical (unpaired) electrons. The van der Waals surface area contributed by atoms with Gasteiger partial charge in [-0.05, 0) is 24.6 Å². The van der Waals surface area contributed by atoms with E-state index in [0.29, 0.717) is 38.2 Å². The van der Waals surface area contributed by atoms with Gasteiger partial charge in [0.25, 0.3) is 0 Å². The first-order valence-electron chi connectivity index (χ1n) is 7.54. The molecule has 0 atom stereocenters. The maximum absolute atomic E-state index is 13.0. The Morgan fingerprint density at radius 1 is 1.26 bits per heavy atom. The lowest BCUT2D eigenvalue weighted by molar-refractivity contribution is 0.207. The quantitative estimate of drug-likeness (QED) is 0.801. The Morgan fingerprint density at radius 2 is 2.00 bits per heavy atom. The van der Waals surface area contributed by atoms with Gasteiger partial charge in [-0.1, -0.05) is 18.1 Å². The molecular weight excluding hydrogens is 310 g/mol. The highest BCUT2D eigenvalue weighted by molar-refractivity contribution is 7.89. The van der Waals surface area contributed by atoms with Gasteiger partial charge in [0.1, 0.15) is 4.90 Å². The highest BCUT2D eigenvalue weighted by atomic mass is 32.2. The normalized spacial score (nSPS) is 17.2. The molecule has 1 aliphatic heterocycles. The van der Waals surface area contributed by atoms with Crippen molar-refractivity contribution in [2.24, 2.45) is 0 Å². The lowest BCUT2D eigenvalue weighted by atomic mass is 10.2. The van der Waals surface area contributed by atoms with E-state index in [0.717, 1.165) is 10.9 Å². The zero-order valence-corrected chi connectivity index (χ0v) is 13.9. The predicted molar refractivity (Wildman–Crippen MR) is 90.5 cm³/mol. The van der Waals surface area contributed by atoms with Gasteiger partial charge >= 0.3 is 0 Å². The summed E-state index contributed by atoms with van der Waals surface area (Å²) >= 11 is 0. The van der Waals surface area contributed by atoms with Crippen molar-refractivity contribution in [3.63, 3.8) is 0 Å². The maximum Gasteiger partial charge on any atom is 0.245 e. The Labute approximate surface area is 137 Å². The molecule has 0 saturated carbocycles. The Kier molecular flexibility index (Phi) is 4.35. The molecule has 0 N–H and O–H groups in total. The second-order valence-electron chi connectivity index (χ2n) is 5.72. The fourth-order valence-corrected chi connectivity index (χ4v) is 4.43. The topological polar surface area (TPSA) is 53.5 Å². The van der Waals surface area contributed by atoms with Gasteiger partial charge in [-0.3, -0.25) is 9.88 Å². The molecule has 1 saturated heterocycles. The van der Waals surface area contributed by atoms with Crippen LogP contribution in [0.25, 0.3) is 10.9 Å². The molecule has 3 rings (SSSR count). The number of piperazine rings is 1. The van der Waals surface area contributed by atoms with Crippen LogP contribution in [-0.2, 0) is 10.0 Å². The maximum atomic E-state index is 13.0. The average Bonchev–Trinajstić information content (AvgIpc) is 2.55. The van der Waals surface area contributed by atoms with Crippen LogP contribution >= 0.6 is 0 Å². The van der Waals surface area contributed by atoms with Crippen molar-refractivity contribution in [1.82, 2.24) is 14.2 Å². The van der Waals surface area contributed by atoms with E-state index in [1.54, 1.807) is 18.3 Å². The van der Waals surface area contributed by atoms with Crippen LogP contribution in [0.1, 0.15) is 5.56 Å². The van der Waals surface area contributed by atoms with E-state index in [1.807, 2.05) is 19.1 Å². The minimum absolute atomic E-state index is 0.278. The van der Waals surface area contributed by atoms with Crippen molar-refractivity contribution in [2.75, 3.05) is 32.7 Å². The number of fused-ring (bicyclic) bond motifs is 1. The zero-order chi connectivity index (χ0) is 16.4. The van der Waals surface area contributed by atoms with Crippen LogP contribution in [-0.4, -0.2) is 55.3 Å². The van der Waals surface area contributed by atoms with E-state index in [2.05, 4.69) is 15.8 Å². The summed E-state index contributed by atoms with van der Waals surface area (Å²) in [7, 11) is -3.55. The molecule has 1 fully saturated rings. The van der Waals surface area contributed by atoms with Gasteiger partial charge in [0, 0.05) is 37.8 Å². The number of pyridine rings is 1. The number of para-hydroxylation sites is 1. The first kappa shape index (κ1) is 15.9. The SMILES string of the molecule is C#CCN1CCN(S(=O)(=O)c2cccc3cc(C)cnc23)CC1. The summed E-state index contributed by atoms with van der Waals surface area (Å²) < 4.78 is 27.5. The molecule has 1 aromatic heterocycles. The molecule has 0 spiro atoms. The van der Waals surface area contributed by atoms with Crippen LogP contribution in [0.15, 0.2) is 35.4 Å². The van der Waals surface area contributed by atoms with Crippen molar-refractivity contribution >= 4 is 20.9 Å². The third-order valence-electron chi connectivity index (χ3n) is 4.07. The van der Waals surface area contributed by atoms with Crippen LogP contribution < -0.4 is 0 Å². The summed E-state index contributed by atoms with van der Waals surface area (Å²) in [5.41, 5.74) is 1.54. The monoisotopic (exact) mass is 329 g/mol. The van der Waals surface area contributed by atoms with Gasteiger partial charge in [-0.15, -0.1) is 6.42 Å². The third kappa shape index (κ3) is 3.08. The van der Waals surface area contributed by atoms with Gasteiger partial charge < -0.3 is 0 Å². The predicted octanol–water partition coefficient (Wildman–Crippen LogP) is 1.48. The van der Waals surface area contributed by atoms with Crippen molar-refractivity contribution in [3.8, 4) is 12.3 Å². The van der Waals surface area contributed by atoms with E-state index < -0.39 is 10.0 Å². The first-order valence-corrected chi connectivity index (χ1v) is 8.98. The van der Waals surface area contributed by atoms with Gasteiger partial charge in [-0.25, -0.2) is 8.42 Å². The molecule has 120 valence electrons. The fraction of sp³-hybridized carbons (Fsp3) is 0.353. The van der Waals surface area contributed by atoms with Crippen LogP contribution in [0, 0.1) is 19.3 Å². The summed E-state index contributed by atoms with van der Waals surface area (Å²) in [6.07, 6.45) is 7.01. The second kappa shape index (κ2) is 6.28. The number of nitrogens with zero attached hydrogens (tertiary/aromatic N) is 3. The van der Waals surface area contributed by atoms with Crippen LogP contribution in [0.4, 0.5) is 0 Å². The molecule has 0 bridgehead atoms. The Balaban J connectivity index is 1.94. The first-order chi connectivity index (χ1) is 11.0. The number of terminal acetylenes is 1. The highest BCUT2D eigenvalue weighted by Gasteiger charge is 2.29. The molecule has 0 unspecified atom stereocenters. The molecule has 1 aliphatic rings. The number of sulfonamides is 1. The van der Waals surface area contributed by atoms with Crippen LogP contribution in [0.3, 0.4) is 0 Å². The number of benzene rings is 1. The van der Waals surface area contributed by atoms with E-state index in [4.69, 9.17) is 6.42 Å². The number of aromatic nitrogens is 1. The van der Waals surface area contributed by atoms with Gasteiger partial charge in [-0.2, -0.15) is 4.31 Å². The van der Waals surface area contributed by atoms with Crippen molar-refractivity contribution in [3.05, 3.63) is 36.0 Å². The lowest BCUT2D eigenvalue weighted by Crippen LogP contribution is -2.48. The van der Waals surface area contributed by atoms with Crippen LogP contribution in [0.5, 0.6) is 0 Å². The molecule has 2 heterocycles. The summed E-state index contributed by atoms with van der Waals surface area (Å²) in [4.78, 5) is 6.70. The lowest BCUT2D eigenvalue weighted by Gasteiger charge is -2.33. The molecule has 6 heteroatoms. The van der Waals surface area contributed by atoms with Gasteiger partial charge in [0.05, 0.1) is 12.1 Å². The molecular formula is C17H19N3O2S. The highest BCUT2D eigenvalue weighted by Crippen LogP contribution is 2.25. The number of hydrogen-bond donors (Lipinski definition) is 0. The van der Waals surface area contributed by atoms with Gasteiger partial charge in [0.2, 0.25) is 10.0 Å². The summed E-state index contributed by atoms with van der Waals surface area (Å²) in [5.74, 6) is 2.60. The Morgan fingerprint density at radius 3 is 2.70 bits per heavy atom. The minimum atomic E-state index is -3.55. The van der Waals surface area contributed by atoms with Crippen molar-refractivity contribution < 1.29 is 8.42 Å². The summed E-state index contributed by atoms with van der Waals surface area (Å²) in [5, 5.41) is 0.844. The van der Waals surface area contributed by atoms with Crippen LogP contribution in [0.2, 0.25) is 0 Å². The second-order valence-corrected chi connectivity index (χ2v) is 7.63. The molecule has 1 aromatic carbocycles. The van der Waals surface area contributed by atoms with E-state index >= 15 is 0 Å². The standard InChI is InChI=1S/C17H19N3O2S/c1-3-7-19-8-10-20(11-9-19)23(21,22)16-6-4-5-15-12-14(2)13-18-17(15)16/h1,4-6,12-13H,7-11H2,2H3. The molecule has 0 aliphatic carbocycles. The number of hydrogen-bond acceptors (Lipinski definition) is 4. The van der Waals surface area contributed by atoms with E-state index in [1.165, 1.54) is 4.31 Å². The summed E-state index contributed by atoms with van der Waals surface area (Å²) in [6, 6.07) is 7.24. The zero-order valence-electron chi connectivity index (χ0n) is 13.1. The van der Waals surface area contributed by atoms with E-state index in [-0.39, 0.29) is 4.90 Å². The van der Waals surface area contributed by atoms with Crippen molar-refractivity contribution in [1.29, 1.82) is 0 Å². The average molecular weight is 329 g/mol. The summed E-state index contributed by atoms with van der Waals surface area (Å²) in [6.45, 7) is 4.71. The Bertz CT molecular complexity index is 863. The minimum Gasteiger partial charge on any atom is -0.290 e. The number of rotatable bonds is 3. The molecule has 5 nitrogen and oxygen atoms in total. The molecule has 2 aromatic rings. The largest absolute Gasteiger partial charge is 0.290 e.